The summed E-state index contributed by atoms with van der Waals surface area (Å²) in [6, 6.07) is 11.1. The molecule has 0 radical (unpaired) electrons. The number of hydrogen-bond donors (Lipinski definition) is 1. The average molecular weight is 240 g/mol. The van der Waals surface area contributed by atoms with Crippen molar-refractivity contribution >= 4 is 11.0 Å². The zero-order valence-corrected chi connectivity index (χ0v) is 9.20. The van der Waals surface area contributed by atoms with E-state index in [-0.39, 0.29) is 5.56 Å². The number of fused-ring (bicyclic) bond motifs is 1. The van der Waals surface area contributed by atoms with Crippen molar-refractivity contribution in [2.45, 2.75) is 6.10 Å². The minimum absolute atomic E-state index is 0.231. The van der Waals surface area contributed by atoms with E-state index in [1.54, 1.807) is 36.4 Å². The summed E-state index contributed by atoms with van der Waals surface area (Å²) in [7, 11) is 0. The molecule has 0 saturated carbocycles. The van der Waals surface area contributed by atoms with E-state index in [2.05, 4.69) is 0 Å². The summed E-state index contributed by atoms with van der Waals surface area (Å²) in [6.45, 7) is 0. The van der Waals surface area contributed by atoms with E-state index < -0.39 is 17.6 Å². The fourth-order valence-corrected chi connectivity index (χ4v) is 1.73. The van der Waals surface area contributed by atoms with Crippen LogP contribution in [0.4, 0.5) is 0 Å². The normalized spacial score (nSPS) is 12.0. The molecule has 1 aromatic carbocycles. The Bertz CT molecular complexity index is 707. The Morgan fingerprint density at radius 3 is 2.56 bits per heavy atom. The maximum Gasteiger partial charge on any atom is 0.336 e. The second-order valence-corrected chi connectivity index (χ2v) is 3.70. The van der Waals surface area contributed by atoms with Gasteiger partial charge in [-0.25, -0.2) is 4.79 Å². The van der Waals surface area contributed by atoms with E-state index in [0.717, 1.165) is 6.07 Å². The number of para-hydroxylation sites is 1. The molecule has 0 aliphatic heterocycles. The van der Waals surface area contributed by atoms with Gasteiger partial charge in [-0.3, -0.25) is 0 Å². The quantitative estimate of drug-likeness (QED) is 0.802. The lowest BCUT2D eigenvalue weighted by atomic mass is 9.96. The van der Waals surface area contributed by atoms with Gasteiger partial charge in [0.05, 0.1) is 12.1 Å². The minimum atomic E-state index is -1.34. The van der Waals surface area contributed by atoms with Gasteiger partial charge in [-0.1, -0.05) is 18.2 Å². The smallest absolute Gasteiger partial charge is 0.336 e. The van der Waals surface area contributed by atoms with Gasteiger partial charge in [0.2, 0.25) is 0 Å². The highest BCUT2D eigenvalue weighted by atomic mass is 16.4. The van der Waals surface area contributed by atoms with Crippen LogP contribution in [-0.4, -0.2) is 5.11 Å². The van der Waals surface area contributed by atoms with Gasteiger partial charge in [0.15, 0.2) is 5.92 Å². The second-order valence-electron chi connectivity index (χ2n) is 3.70. The Hall–Kier alpha value is -2.63. The van der Waals surface area contributed by atoms with Crippen molar-refractivity contribution in [3.63, 3.8) is 0 Å². The molecule has 1 atom stereocenters. The lowest BCUT2D eigenvalue weighted by molar-refractivity contribution is 0.157. The van der Waals surface area contributed by atoms with Crippen molar-refractivity contribution in [2.24, 2.45) is 5.92 Å². The predicted molar refractivity (Wildman–Crippen MR) is 62.2 cm³/mol. The molecule has 0 spiro atoms. The Morgan fingerprint density at radius 1 is 1.22 bits per heavy atom. The van der Waals surface area contributed by atoms with Gasteiger partial charge >= 0.3 is 5.63 Å². The zero-order chi connectivity index (χ0) is 13.1. The molecule has 5 nitrogen and oxygen atoms in total. The Balaban J connectivity index is 2.68. The maximum atomic E-state index is 11.4. The Morgan fingerprint density at radius 2 is 1.89 bits per heavy atom. The molecule has 0 aliphatic rings. The molecule has 2 rings (SSSR count). The van der Waals surface area contributed by atoms with Crippen molar-refractivity contribution in [3.8, 4) is 12.1 Å². The molecule has 18 heavy (non-hydrogen) atoms. The van der Waals surface area contributed by atoms with Crippen LogP contribution in [0.5, 0.6) is 0 Å². The Kier molecular flexibility index (Phi) is 3.09. The van der Waals surface area contributed by atoms with Crippen LogP contribution >= 0.6 is 0 Å². The second kappa shape index (κ2) is 4.70. The lowest BCUT2D eigenvalue weighted by Gasteiger charge is -2.12. The molecule has 88 valence electrons. The van der Waals surface area contributed by atoms with E-state index in [9.17, 15) is 9.90 Å². The highest BCUT2D eigenvalue weighted by molar-refractivity contribution is 5.80. The third kappa shape index (κ3) is 1.95. The number of rotatable bonds is 2. The number of nitriles is 2. The van der Waals surface area contributed by atoms with Crippen molar-refractivity contribution in [3.05, 3.63) is 46.3 Å². The van der Waals surface area contributed by atoms with E-state index >= 15 is 0 Å². The van der Waals surface area contributed by atoms with Gasteiger partial charge in [0.25, 0.3) is 0 Å². The largest absolute Gasteiger partial charge is 0.423 e. The third-order valence-electron chi connectivity index (χ3n) is 2.59. The van der Waals surface area contributed by atoms with Crippen molar-refractivity contribution < 1.29 is 9.52 Å². The van der Waals surface area contributed by atoms with Gasteiger partial charge in [-0.05, 0) is 6.07 Å². The molecule has 5 heteroatoms. The van der Waals surface area contributed by atoms with E-state index in [4.69, 9.17) is 14.9 Å². The number of aliphatic hydroxyl groups is 1. The molecule has 0 amide bonds. The first-order valence-corrected chi connectivity index (χ1v) is 5.17. The standard InChI is InChI=1S/C13H8N2O3/c14-6-8(7-15)13(17)10-5-12(16)18-11-4-2-1-3-9(10)11/h1-5,8,13,17H. The molecule has 0 fully saturated rings. The van der Waals surface area contributed by atoms with Gasteiger partial charge < -0.3 is 9.52 Å². The van der Waals surface area contributed by atoms with Crippen molar-refractivity contribution in [1.29, 1.82) is 10.5 Å². The molecule has 2 aromatic rings. The lowest BCUT2D eigenvalue weighted by Crippen LogP contribution is -2.12. The summed E-state index contributed by atoms with van der Waals surface area (Å²) in [5.74, 6) is -1.23. The number of benzene rings is 1. The fraction of sp³-hybridized carbons (Fsp3) is 0.154. The van der Waals surface area contributed by atoms with Crippen LogP contribution in [0.15, 0.2) is 39.5 Å². The van der Waals surface area contributed by atoms with Crippen LogP contribution < -0.4 is 5.63 Å². The predicted octanol–water partition coefficient (Wildman–Crippen LogP) is 1.49. The molecule has 1 aromatic heterocycles. The maximum absolute atomic E-state index is 11.4. The van der Waals surface area contributed by atoms with Crippen LogP contribution in [0.1, 0.15) is 11.7 Å². The van der Waals surface area contributed by atoms with E-state index in [0.29, 0.717) is 11.0 Å². The third-order valence-corrected chi connectivity index (χ3v) is 2.59. The van der Waals surface area contributed by atoms with Crippen LogP contribution in [-0.2, 0) is 0 Å². The minimum Gasteiger partial charge on any atom is -0.423 e. The molecule has 0 bridgehead atoms. The summed E-state index contributed by atoms with van der Waals surface area (Å²) in [5, 5.41) is 28.0. The average Bonchev–Trinajstić information content (AvgIpc) is 2.39. The van der Waals surface area contributed by atoms with Crippen LogP contribution in [0.3, 0.4) is 0 Å². The highest BCUT2D eigenvalue weighted by Crippen LogP contribution is 2.27. The van der Waals surface area contributed by atoms with Gasteiger partial charge in [0, 0.05) is 17.0 Å². The highest BCUT2D eigenvalue weighted by Gasteiger charge is 2.23. The first-order chi connectivity index (χ1) is 8.67. The fourth-order valence-electron chi connectivity index (χ4n) is 1.73. The first kappa shape index (κ1) is 11.8. The number of nitrogens with zero attached hydrogens (tertiary/aromatic N) is 2. The molecule has 0 saturated heterocycles. The van der Waals surface area contributed by atoms with Crippen LogP contribution in [0, 0.1) is 28.6 Å². The summed E-state index contributed by atoms with van der Waals surface area (Å²) in [4.78, 5) is 11.4. The molecule has 1 N–H and O–H groups in total. The SMILES string of the molecule is N#CC(C#N)C(O)c1cc(=O)oc2ccccc12. The van der Waals surface area contributed by atoms with Crippen LogP contribution in [0.25, 0.3) is 11.0 Å². The van der Waals surface area contributed by atoms with Gasteiger partial charge in [-0.15, -0.1) is 0 Å². The number of hydrogen-bond acceptors (Lipinski definition) is 5. The molecular formula is C13H8N2O3. The van der Waals surface area contributed by atoms with Crippen molar-refractivity contribution in [1.82, 2.24) is 0 Å². The summed E-state index contributed by atoms with van der Waals surface area (Å²) in [6.07, 6.45) is -1.34. The molecule has 1 unspecified atom stereocenters. The molecule has 0 aliphatic carbocycles. The van der Waals surface area contributed by atoms with E-state index in [1.165, 1.54) is 0 Å². The first-order valence-electron chi connectivity index (χ1n) is 5.17. The summed E-state index contributed by atoms with van der Waals surface area (Å²) < 4.78 is 4.97. The monoisotopic (exact) mass is 240 g/mol. The Labute approximate surface area is 102 Å². The van der Waals surface area contributed by atoms with Crippen LogP contribution in [0.2, 0.25) is 0 Å². The van der Waals surface area contributed by atoms with Gasteiger partial charge in [0.1, 0.15) is 11.7 Å². The number of aliphatic hydroxyl groups excluding tert-OH is 1. The van der Waals surface area contributed by atoms with Gasteiger partial charge in [-0.2, -0.15) is 10.5 Å². The zero-order valence-electron chi connectivity index (χ0n) is 9.20. The molecular weight excluding hydrogens is 232 g/mol. The topological polar surface area (TPSA) is 98.0 Å². The molecule has 1 heterocycles. The van der Waals surface area contributed by atoms with E-state index in [1.807, 2.05) is 0 Å². The summed E-state index contributed by atoms with van der Waals surface area (Å²) in [5.41, 5.74) is -0.0824. The van der Waals surface area contributed by atoms with Crippen molar-refractivity contribution in [2.75, 3.05) is 0 Å². The summed E-state index contributed by atoms with van der Waals surface area (Å²) >= 11 is 0.